The number of epoxide rings is 1. The topological polar surface area (TPSA) is 21.8 Å². The van der Waals surface area contributed by atoms with Crippen LogP contribution in [0.4, 0.5) is 0 Å². The van der Waals surface area contributed by atoms with Crippen molar-refractivity contribution >= 4 is 0 Å². The number of rotatable bonds is 3. The van der Waals surface area contributed by atoms with Crippen LogP contribution in [0.5, 0.6) is 0 Å². The Hall–Kier alpha value is -0.120. The molecule has 3 aliphatic rings. The fraction of sp³-hybridized carbons (Fsp3) is 1.00. The number of hydrogen-bond acceptors (Lipinski definition) is 2. The average molecular weight is 184 g/mol. The van der Waals surface area contributed by atoms with Gasteiger partial charge < -0.3 is 14.0 Å². The second kappa shape index (κ2) is 2.94. The second-order valence-electron chi connectivity index (χ2n) is 4.70. The van der Waals surface area contributed by atoms with Crippen molar-refractivity contribution in [1.29, 1.82) is 0 Å². The van der Waals surface area contributed by atoms with Crippen molar-refractivity contribution in [3.63, 3.8) is 0 Å². The maximum absolute atomic E-state index is 5.36. The average Bonchev–Trinajstić information content (AvgIpc) is 2.67. The van der Waals surface area contributed by atoms with Gasteiger partial charge in [0.05, 0.1) is 19.7 Å². The van der Waals surface area contributed by atoms with Crippen molar-refractivity contribution in [2.75, 3.05) is 39.5 Å². The lowest BCUT2D eigenvalue weighted by Crippen LogP contribution is -2.63. The van der Waals surface area contributed by atoms with Crippen molar-refractivity contribution in [3.05, 3.63) is 0 Å². The van der Waals surface area contributed by atoms with E-state index < -0.39 is 0 Å². The van der Waals surface area contributed by atoms with E-state index in [-0.39, 0.29) is 0 Å². The number of hydrogen-bond donors (Lipinski definition) is 0. The maximum Gasteiger partial charge on any atom is 0.136 e. The predicted molar refractivity (Wildman–Crippen MR) is 48.4 cm³/mol. The van der Waals surface area contributed by atoms with E-state index in [0.29, 0.717) is 6.10 Å². The van der Waals surface area contributed by atoms with E-state index >= 15 is 0 Å². The Bertz CT molecular complexity index is 193. The van der Waals surface area contributed by atoms with Crippen LogP contribution < -0.4 is 0 Å². The smallest absolute Gasteiger partial charge is 0.136 e. The molecule has 0 aliphatic carbocycles. The molecule has 3 nitrogen and oxygen atoms in total. The first-order chi connectivity index (χ1) is 6.39. The molecule has 0 saturated carbocycles. The minimum absolute atomic E-state index is 0.582. The molecule has 3 rings (SSSR count). The van der Waals surface area contributed by atoms with Crippen LogP contribution in [-0.4, -0.2) is 56.1 Å². The fourth-order valence-electron chi connectivity index (χ4n) is 2.78. The zero-order valence-electron chi connectivity index (χ0n) is 8.08. The van der Waals surface area contributed by atoms with Gasteiger partial charge >= 0.3 is 0 Å². The number of likely N-dealkylation sites (tertiary alicyclic amines) is 1. The molecule has 3 heterocycles. The van der Waals surface area contributed by atoms with Crippen molar-refractivity contribution < 1.29 is 14.0 Å². The Balaban J connectivity index is 1.70. The molecule has 3 heteroatoms. The summed E-state index contributed by atoms with van der Waals surface area (Å²) in [4.78, 5) is 0. The van der Waals surface area contributed by atoms with Crippen LogP contribution in [0.3, 0.4) is 0 Å². The molecule has 0 N–H and O–H groups in total. The lowest BCUT2D eigenvalue weighted by Gasteiger charge is -2.45. The Morgan fingerprint density at radius 2 is 1.77 bits per heavy atom. The third-order valence-electron chi connectivity index (χ3n) is 3.82. The van der Waals surface area contributed by atoms with E-state index in [9.17, 15) is 0 Å². The molecule has 0 radical (unpaired) electrons. The van der Waals surface area contributed by atoms with Gasteiger partial charge in [0, 0.05) is 12.8 Å². The first kappa shape index (κ1) is 8.21. The zero-order chi connectivity index (χ0) is 8.73. The lowest BCUT2D eigenvalue weighted by atomic mass is 10.1. The molecule has 0 amide bonds. The summed E-state index contributed by atoms with van der Waals surface area (Å²) in [7, 11) is 0. The summed E-state index contributed by atoms with van der Waals surface area (Å²) in [6, 6.07) is 0.798. The maximum atomic E-state index is 5.36. The number of quaternary nitrogens is 1. The second-order valence-corrected chi connectivity index (χ2v) is 4.70. The van der Waals surface area contributed by atoms with Gasteiger partial charge in [0.2, 0.25) is 0 Å². The highest BCUT2D eigenvalue weighted by Gasteiger charge is 2.47. The van der Waals surface area contributed by atoms with Gasteiger partial charge in [-0.25, -0.2) is 0 Å². The number of ether oxygens (including phenoxy) is 2. The summed E-state index contributed by atoms with van der Waals surface area (Å²) >= 11 is 0. The molecule has 0 aromatic carbocycles. The Morgan fingerprint density at radius 3 is 2.23 bits per heavy atom. The van der Waals surface area contributed by atoms with Crippen LogP contribution in [-0.2, 0) is 9.47 Å². The quantitative estimate of drug-likeness (QED) is 0.467. The van der Waals surface area contributed by atoms with Crippen LogP contribution in [0.2, 0.25) is 0 Å². The van der Waals surface area contributed by atoms with Crippen LogP contribution in [0.15, 0.2) is 0 Å². The first-order valence-corrected chi connectivity index (χ1v) is 5.44. The molecule has 0 aromatic rings. The molecule has 1 atom stereocenters. The molecule has 74 valence electrons. The van der Waals surface area contributed by atoms with Gasteiger partial charge in [-0.3, -0.25) is 0 Å². The summed E-state index contributed by atoms with van der Waals surface area (Å²) in [5, 5.41) is 0. The van der Waals surface area contributed by atoms with Gasteiger partial charge in [0.15, 0.2) is 0 Å². The minimum Gasteiger partial charge on any atom is -0.369 e. The molecule has 3 fully saturated rings. The highest BCUT2D eigenvalue weighted by molar-refractivity contribution is 4.76. The van der Waals surface area contributed by atoms with E-state index in [1.54, 1.807) is 0 Å². The Morgan fingerprint density at radius 1 is 1.08 bits per heavy atom. The van der Waals surface area contributed by atoms with Crippen LogP contribution >= 0.6 is 0 Å². The van der Waals surface area contributed by atoms with E-state index in [1.807, 2.05) is 0 Å². The van der Waals surface area contributed by atoms with E-state index in [0.717, 1.165) is 25.9 Å². The van der Waals surface area contributed by atoms with Crippen molar-refractivity contribution in [2.24, 2.45) is 0 Å². The van der Waals surface area contributed by atoms with Gasteiger partial charge in [0.1, 0.15) is 31.9 Å². The molecular formula is C10H18NO2+. The van der Waals surface area contributed by atoms with Crippen LogP contribution in [0.25, 0.3) is 0 Å². The van der Waals surface area contributed by atoms with Gasteiger partial charge in [-0.05, 0) is 0 Å². The van der Waals surface area contributed by atoms with Gasteiger partial charge in [-0.2, -0.15) is 0 Å². The summed E-state index contributed by atoms with van der Waals surface area (Å²) < 4.78 is 12.0. The summed E-state index contributed by atoms with van der Waals surface area (Å²) in [6.45, 7) is 6.99. The van der Waals surface area contributed by atoms with E-state index in [4.69, 9.17) is 9.47 Å². The van der Waals surface area contributed by atoms with Gasteiger partial charge in [0.25, 0.3) is 0 Å². The van der Waals surface area contributed by atoms with E-state index in [1.165, 1.54) is 37.0 Å². The molecule has 3 saturated heterocycles. The molecule has 0 bridgehead atoms. The van der Waals surface area contributed by atoms with Crippen LogP contribution in [0, 0.1) is 0 Å². The predicted octanol–water partition coefficient (Wildman–Crippen LogP) is 0.395. The van der Waals surface area contributed by atoms with E-state index in [2.05, 4.69) is 0 Å². The highest BCUT2D eigenvalue weighted by atomic mass is 16.6. The third-order valence-corrected chi connectivity index (χ3v) is 3.82. The fourth-order valence-corrected chi connectivity index (χ4v) is 2.78. The normalized spacial score (nSPS) is 37.4. The standard InChI is InChI=1S/C10H18NO2/c1-2-4-11(3-1,5-10-8-13-10)9-6-12-7-9/h9-10H,1-8H2/q+1. The summed E-state index contributed by atoms with van der Waals surface area (Å²) in [5.41, 5.74) is 0. The summed E-state index contributed by atoms with van der Waals surface area (Å²) in [6.07, 6.45) is 3.39. The van der Waals surface area contributed by atoms with Gasteiger partial charge in [-0.1, -0.05) is 0 Å². The highest BCUT2D eigenvalue weighted by Crippen LogP contribution is 2.30. The van der Waals surface area contributed by atoms with Crippen LogP contribution in [0.1, 0.15) is 12.8 Å². The largest absolute Gasteiger partial charge is 0.369 e. The third kappa shape index (κ3) is 1.39. The Labute approximate surface area is 79.2 Å². The van der Waals surface area contributed by atoms with Crippen molar-refractivity contribution in [3.8, 4) is 0 Å². The Kier molecular flexibility index (Phi) is 1.86. The zero-order valence-corrected chi connectivity index (χ0v) is 8.08. The number of nitrogens with zero attached hydrogens (tertiary/aromatic N) is 1. The first-order valence-electron chi connectivity index (χ1n) is 5.44. The monoisotopic (exact) mass is 184 g/mol. The summed E-state index contributed by atoms with van der Waals surface area (Å²) in [5.74, 6) is 0. The SMILES string of the molecule is C1CC[N+](CC2CO2)(C2COC2)C1. The van der Waals surface area contributed by atoms with Gasteiger partial charge in [-0.15, -0.1) is 0 Å². The lowest BCUT2D eigenvalue weighted by molar-refractivity contribution is -0.949. The van der Waals surface area contributed by atoms with Crippen molar-refractivity contribution in [2.45, 2.75) is 25.0 Å². The minimum atomic E-state index is 0.582. The molecule has 0 spiro atoms. The molecule has 0 aromatic heterocycles. The molecule has 13 heavy (non-hydrogen) atoms. The van der Waals surface area contributed by atoms with Crippen molar-refractivity contribution in [1.82, 2.24) is 0 Å². The molecular weight excluding hydrogens is 166 g/mol. The molecule has 3 aliphatic heterocycles. The molecule has 1 unspecified atom stereocenters.